The summed E-state index contributed by atoms with van der Waals surface area (Å²) in [5, 5.41) is 0. The van der Waals surface area contributed by atoms with Crippen LogP contribution >= 0.6 is 0 Å². The molecule has 1 rings (SSSR count). The van der Waals surface area contributed by atoms with Crippen LogP contribution in [0, 0.1) is 5.41 Å². The highest BCUT2D eigenvalue weighted by Gasteiger charge is 2.41. The molecule has 1 fully saturated rings. The van der Waals surface area contributed by atoms with E-state index in [4.69, 9.17) is 5.73 Å². The second kappa shape index (κ2) is 5.10. The summed E-state index contributed by atoms with van der Waals surface area (Å²) in [6.07, 6.45) is 3.92. The molecule has 0 radical (unpaired) electrons. The quantitative estimate of drug-likeness (QED) is 0.652. The summed E-state index contributed by atoms with van der Waals surface area (Å²) >= 11 is 0. The zero-order valence-corrected chi connectivity index (χ0v) is 9.92. The molecule has 2 N–H and O–H groups in total. The van der Waals surface area contributed by atoms with Crippen molar-refractivity contribution in [3.05, 3.63) is 0 Å². The van der Waals surface area contributed by atoms with Gasteiger partial charge in [-0.2, -0.15) is 0 Å². The predicted octanol–water partition coefficient (Wildman–Crippen LogP) is 0.609. The molecule has 0 aromatic heterocycles. The van der Waals surface area contributed by atoms with Gasteiger partial charge in [-0.15, -0.1) is 0 Å². The first-order valence-electron chi connectivity index (χ1n) is 5.61. The van der Waals surface area contributed by atoms with Crippen LogP contribution in [0.25, 0.3) is 0 Å². The lowest BCUT2D eigenvalue weighted by Crippen LogP contribution is -2.33. The summed E-state index contributed by atoms with van der Waals surface area (Å²) in [5.74, 6) is 0. The van der Waals surface area contributed by atoms with Gasteiger partial charge in [0.1, 0.15) is 0 Å². The third-order valence-corrected chi connectivity index (χ3v) is 3.14. The van der Waals surface area contributed by atoms with Crippen LogP contribution in [0.5, 0.6) is 0 Å². The molecule has 84 valence electrons. The molecule has 1 aliphatic rings. The Hall–Kier alpha value is -0.120. The fourth-order valence-corrected chi connectivity index (χ4v) is 1.91. The lowest BCUT2D eigenvalue weighted by Gasteiger charge is -2.23. The lowest BCUT2D eigenvalue weighted by atomic mass is 10.1. The Morgan fingerprint density at radius 1 is 1.14 bits per heavy atom. The third-order valence-electron chi connectivity index (χ3n) is 3.14. The van der Waals surface area contributed by atoms with Gasteiger partial charge in [0.15, 0.2) is 0 Å². The Bertz CT molecular complexity index is 164. The molecule has 0 amide bonds. The van der Waals surface area contributed by atoms with E-state index in [-0.39, 0.29) is 0 Å². The van der Waals surface area contributed by atoms with Crippen molar-refractivity contribution in [1.82, 2.24) is 9.80 Å². The van der Waals surface area contributed by atoms with Crippen molar-refractivity contribution in [1.29, 1.82) is 0 Å². The summed E-state index contributed by atoms with van der Waals surface area (Å²) in [6, 6.07) is 0. The van der Waals surface area contributed by atoms with Crippen LogP contribution < -0.4 is 5.73 Å². The maximum absolute atomic E-state index is 5.76. The minimum atomic E-state index is 0.493. The molecule has 0 bridgehead atoms. The van der Waals surface area contributed by atoms with Gasteiger partial charge in [-0.25, -0.2) is 0 Å². The minimum absolute atomic E-state index is 0.493. The first-order chi connectivity index (χ1) is 6.58. The number of nitrogens with two attached hydrogens (primary N) is 1. The second-order valence-corrected chi connectivity index (χ2v) is 5.10. The van der Waals surface area contributed by atoms with Crippen molar-refractivity contribution in [3.8, 4) is 0 Å². The van der Waals surface area contributed by atoms with Gasteiger partial charge in [0.05, 0.1) is 0 Å². The molecule has 0 aromatic carbocycles. The monoisotopic (exact) mass is 199 g/mol. The Morgan fingerprint density at radius 2 is 1.79 bits per heavy atom. The van der Waals surface area contributed by atoms with Crippen molar-refractivity contribution in [3.63, 3.8) is 0 Å². The van der Waals surface area contributed by atoms with Crippen molar-refractivity contribution >= 4 is 0 Å². The summed E-state index contributed by atoms with van der Waals surface area (Å²) < 4.78 is 0. The third kappa shape index (κ3) is 3.95. The molecular formula is C11H25N3. The Kier molecular flexibility index (Phi) is 4.35. The van der Waals surface area contributed by atoms with Gasteiger partial charge in [-0.05, 0) is 65.5 Å². The van der Waals surface area contributed by atoms with Crippen LogP contribution in [0.1, 0.15) is 19.3 Å². The van der Waals surface area contributed by atoms with Crippen molar-refractivity contribution in [2.75, 3.05) is 47.3 Å². The van der Waals surface area contributed by atoms with Gasteiger partial charge in [-0.3, -0.25) is 0 Å². The average molecular weight is 199 g/mol. The molecule has 3 nitrogen and oxygen atoms in total. The summed E-state index contributed by atoms with van der Waals surface area (Å²) in [5.41, 5.74) is 6.25. The van der Waals surface area contributed by atoms with Crippen LogP contribution in [0.2, 0.25) is 0 Å². The smallest absolute Gasteiger partial charge is 0.00470 e. The van der Waals surface area contributed by atoms with Crippen LogP contribution in [-0.2, 0) is 0 Å². The molecule has 0 atom stereocenters. The molecular weight excluding hydrogens is 174 g/mol. The summed E-state index contributed by atoms with van der Waals surface area (Å²) in [4.78, 5) is 4.67. The van der Waals surface area contributed by atoms with Crippen LogP contribution in [0.4, 0.5) is 0 Å². The number of hydrogen-bond acceptors (Lipinski definition) is 3. The van der Waals surface area contributed by atoms with Crippen molar-refractivity contribution in [2.45, 2.75) is 19.3 Å². The Morgan fingerprint density at radius 3 is 2.21 bits per heavy atom. The first-order valence-corrected chi connectivity index (χ1v) is 5.61. The summed E-state index contributed by atoms with van der Waals surface area (Å²) in [6.45, 7) is 4.43. The van der Waals surface area contributed by atoms with E-state index >= 15 is 0 Å². The van der Waals surface area contributed by atoms with Gasteiger partial charge in [0.2, 0.25) is 0 Å². The van der Waals surface area contributed by atoms with E-state index in [0.29, 0.717) is 5.41 Å². The Balaban J connectivity index is 2.07. The molecule has 0 heterocycles. The highest BCUT2D eigenvalue weighted by molar-refractivity contribution is 4.95. The zero-order chi connectivity index (χ0) is 10.6. The Labute approximate surface area is 88.2 Å². The fourth-order valence-electron chi connectivity index (χ4n) is 1.91. The van der Waals surface area contributed by atoms with Gasteiger partial charge in [-0.1, -0.05) is 0 Å². The maximum Gasteiger partial charge on any atom is 0.00470 e. The minimum Gasteiger partial charge on any atom is -0.330 e. The number of hydrogen-bond donors (Lipinski definition) is 1. The molecule has 0 unspecified atom stereocenters. The van der Waals surface area contributed by atoms with Crippen molar-refractivity contribution < 1.29 is 0 Å². The molecule has 1 saturated carbocycles. The average Bonchev–Trinajstić information content (AvgIpc) is 2.85. The highest BCUT2D eigenvalue weighted by atomic mass is 15.1. The number of rotatable bonds is 7. The van der Waals surface area contributed by atoms with Crippen LogP contribution in [0.3, 0.4) is 0 Å². The predicted molar refractivity (Wildman–Crippen MR) is 61.4 cm³/mol. The molecule has 3 heteroatoms. The maximum atomic E-state index is 5.76. The van der Waals surface area contributed by atoms with Gasteiger partial charge < -0.3 is 15.5 Å². The van der Waals surface area contributed by atoms with E-state index in [2.05, 4.69) is 30.9 Å². The van der Waals surface area contributed by atoms with Gasteiger partial charge in [0.25, 0.3) is 0 Å². The lowest BCUT2D eigenvalue weighted by molar-refractivity contribution is 0.251. The van der Waals surface area contributed by atoms with E-state index in [1.807, 2.05) is 0 Å². The number of nitrogens with zero attached hydrogens (tertiary/aromatic N) is 2. The van der Waals surface area contributed by atoms with Crippen LogP contribution in [0.15, 0.2) is 0 Å². The van der Waals surface area contributed by atoms with E-state index in [0.717, 1.165) is 6.54 Å². The largest absolute Gasteiger partial charge is 0.330 e. The topological polar surface area (TPSA) is 32.5 Å². The zero-order valence-electron chi connectivity index (χ0n) is 9.92. The SMILES string of the molecule is CN(C)CCCN(C)CC1(CN)CC1. The van der Waals surface area contributed by atoms with Gasteiger partial charge >= 0.3 is 0 Å². The highest BCUT2D eigenvalue weighted by Crippen LogP contribution is 2.44. The van der Waals surface area contributed by atoms with E-state index in [1.165, 1.54) is 38.9 Å². The fraction of sp³-hybridized carbons (Fsp3) is 1.00. The summed E-state index contributed by atoms with van der Waals surface area (Å²) in [7, 11) is 6.47. The molecule has 0 saturated heterocycles. The molecule has 14 heavy (non-hydrogen) atoms. The van der Waals surface area contributed by atoms with E-state index < -0.39 is 0 Å². The van der Waals surface area contributed by atoms with Crippen LogP contribution in [-0.4, -0.2) is 57.1 Å². The molecule has 0 aromatic rings. The second-order valence-electron chi connectivity index (χ2n) is 5.10. The molecule has 1 aliphatic carbocycles. The normalized spacial score (nSPS) is 19.3. The van der Waals surface area contributed by atoms with Gasteiger partial charge in [0, 0.05) is 6.54 Å². The van der Waals surface area contributed by atoms with E-state index in [9.17, 15) is 0 Å². The molecule has 0 spiro atoms. The van der Waals surface area contributed by atoms with Crippen molar-refractivity contribution in [2.24, 2.45) is 11.1 Å². The first kappa shape index (κ1) is 12.0. The molecule has 0 aliphatic heterocycles. The standard InChI is InChI=1S/C11H25N3/c1-13(2)7-4-8-14(3)10-11(9-12)5-6-11/h4-10,12H2,1-3H3. The van der Waals surface area contributed by atoms with E-state index in [1.54, 1.807) is 0 Å².